The molecule has 12 nitrogen and oxygen atoms in total. The molecule has 3 aliphatic rings. The first kappa shape index (κ1) is 34.7. The molecule has 4 atom stereocenters. The molecule has 4 unspecified atom stereocenters. The van der Waals surface area contributed by atoms with Gasteiger partial charge in [-0.05, 0) is 62.0 Å². The van der Waals surface area contributed by atoms with Crippen LogP contribution in [0.1, 0.15) is 71.3 Å². The van der Waals surface area contributed by atoms with Gasteiger partial charge in [0.25, 0.3) is 5.56 Å². The minimum absolute atomic E-state index is 0.109. The minimum Gasteiger partial charge on any atom is -0.491 e. The summed E-state index contributed by atoms with van der Waals surface area (Å²) in [5.41, 5.74) is 0.721. The maximum atomic E-state index is 13.3. The Labute approximate surface area is 276 Å². The molecule has 1 saturated carbocycles. The molecule has 2 amide bonds. The van der Waals surface area contributed by atoms with Crippen molar-refractivity contribution in [2.75, 3.05) is 46.0 Å². The van der Waals surface area contributed by atoms with Gasteiger partial charge >= 0.3 is 12.1 Å². The van der Waals surface area contributed by atoms with Gasteiger partial charge in [-0.2, -0.15) is 0 Å². The molecule has 3 heterocycles. The average Bonchev–Trinajstić information content (AvgIpc) is 3.56. The second-order valence-corrected chi connectivity index (χ2v) is 14.1. The highest BCUT2D eigenvalue weighted by molar-refractivity contribution is 5.90. The first-order valence-electron chi connectivity index (χ1n) is 17.1. The second kappa shape index (κ2) is 15.5. The molecule has 1 aromatic heterocycles. The Morgan fingerprint density at radius 2 is 1.87 bits per heavy atom. The highest BCUT2D eigenvalue weighted by atomic mass is 16.6. The fourth-order valence-corrected chi connectivity index (χ4v) is 6.69. The van der Waals surface area contributed by atoms with Crippen molar-refractivity contribution in [1.29, 1.82) is 0 Å². The number of fused-ring (bicyclic) bond motifs is 1. The van der Waals surface area contributed by atoms with E-state index in [-0.39, 0.29) is 23.5 Å². The summed E-state index contributed by atoms with van der Waals surface area (Å²) in [7, 11) is 0. The van der Waals surface area contributed by atoms with Gasteiger partial charge in [-0.15, -0.1) is 0 Å². The van der Waals surface area contributed by atoms with E-state index in [1.165, 1.54) is 4.90 Å². The third-order valence-corrected chi connectivity index (χ3v) is 9.54. The quantitative estimate of drug-likeness (QED) is 0.257. The summed E-state index contributed by atoms with van der Waals surface area (Å²) in [6, 6.07) is 5.99. The van der Waals surface area contributed by atoms with Crippen molar-refractivity contribution in [2.24, 2.45) is 11.3 Å². The Bertz CT molecular complexity index is 1460. The highest BCUT2D eigenvalue weighted by Gasteiger charge is 2.44. The number of hydrogen-bond donors (Lipinski definition) is 3. The summed E-state index contributed by atoms with van der Waals surface area (Å²) in [5.74, 6) is -0.468. The van der Waals surface area contributed by atoms with Gasteiger partial charge in [-0.25, -0.2) is 9.59 Å². The number of carboxylic acids is 1. The van der Waals surface area contributed by atoms with Crippen molar-refractivity contribution in [1.82, 2.24) is 20.1 Å². The molecule has 3 fully saturated rings. The van der Waals surface area contributed by atoms with Gasteiger partial charge < -0.3 is 34.5 Å². The number of benzene rings is 1. The SMILES string of the molecule is CC(C)(C)C(NC(=O)OC1CC1CCCCCc1c(OCCN2CCOCC2)c2ccccc2[nH]c1=O)C(=O)N1CCCC1C(=O)O. The molecule has 47 heavy (non-hydrogen) atoms. The fourth-order valence-electron chi connectivity index (χ4n) is 6.69. The number of aromatic nitrogens is 1. The molecule has 12 heteroatoms. The lowest BCUT2D eigenvalue weighted by Crippen LogP contribution is -2.56. The monoisotopic (exact) mass is 654 g/mol. The first-order valence-corrected chi connectivity index (χ1v) is 17.1. The van der Waals surface area contributed by atoms with E-state index in [1.807, 2.05) is 45.0 Å². The molecule has 0 spiro atoms. The van der Waals surface area contributed by atoms with Crippen molar-refractivity contribution in [2.45, 2.75) is 90.3 Å². The molecule has 1 aromatic carbocycles. The van der Waals surface area contributed by atoms with Gasteiger partial charge in [0.1, 0.15) is 30.5 Å². The van der Waals surface area contributed by atoms with Gasteiger partial charge in [-0.1, -0.05) is 45.7 Å². The van der Waals surface area contributed by atoms with E-state index in [9.17, 15) is 24.3 Å². The predicted molar refractivity (Wildman–Crippen MR) is 177 cm³/mol. The van der Waals surface area contributed by atoms with Crippen LogP contribution in [0, 0.1) is 11.3 Å². The zero-order valence-corrected chi connectivity index (χ0v) is 27.9. The maximum Gasteiger partial charge on any atom is 0.408 e. The summed E-state index contributed by atoms with van der Waals surface area (Å²) in [5, 5.41) is 13.2. The zero-order valence-electron chi connectivity index (χ0n) is 27.9. The van der Waals surface area contributed by atoms with E-state index in [0.29, 0.717) is 43.7 Å². The van der Waals surface area contributed by atoms with E-state index in [1.54, 1.807) is 0 Å². The number of alkyl carbamates (subject to hydrolysis) is 1. The normalized spacial score (nSPS) is 22.2. The average molecular weight is 655 g/mol. The third-order valence-electron chi connectivity index (χ3n) is 9.54. The van der Waals surface area contributed by atoms with Crippen LogP contribution in [0.3, 0.4) is 0 Å². The number of pyridine rings is 1. The smallest absolute Gasteiger partial charge is 0.408 e. The Balaban J connectivity index is 1.07. The first-order chi connectivity index (χ1) is 22.5. The van der Waals surface area contributed by atoms with Gasteiger partial charge in [0.05, 0.1) is 24.3 Å². The maximum absolute atomic E-state index is 13.3. The number of aliphatic carboxylic acids is 1. The number of hydrogen-bond acceptors (Lipinski definition) is 8. The summed E-state index contributed by atoms with van der Waals surface area (Å²) >= 11 is 0. The fraction of sp³-hybridized carbons (Fsp3) is 0.657. The number of ether oxygens (including phenoxy) is 3. The molecule has 0 bridgehead atoms. The number of nitrogens with one attached hydrogen (secondary N) is 2. The van der Waals surface area contributed by atoms with Gasteiger partial charge in [-0.3, -0.25) is 14.5 Å². The Morgan fingerprint density at radius 3 is 2.62 bits per heavy atom. The van der Waals surface area contributed by atoms with Crippen molar-refractivity contribution >= 4 is 28.9 Å². The van der Waals surface area contributed by atoms with Crippen LogP contribution in [0.5, 0.6) is 5.75 Å². The molecule has 2 aromatic rings. The largest absolute Gasteiger partial charge is 0.491 e. The molecular formula is C35H50N4O8. The van der Waals surface area contributed by atoms with Crippen LogP contribution in [0.2, 0.25) is 0 Å². The van der Waals surface area contributed by atoms with E-state index >= 15 is 0 Å². The number of morpholine rings is 1. The van der Waals surface area contributed by atoms with Crippen LogP contribution in [-0.2, 0) is 25.5 Å². The van der Waals surface area contributed by atoms with Crippen molar-refractivity contribution in [3.63, 3.8) is 0 Å². The summed E-state index contributed by atoms with van der Waals surface area (Å²) in [6.45, 7) is 10.4. The second-order valence-electron chi connectivity index (χ2n) is 14.1. The lowest BCUT2D eigenvalue weighted by molar-refractivity contribution is -0.150. The molecule has 5 rings (SSSR count). The number of aromatic amines is 1. The number of unbranched alkanes of at least 4 members (excludes halogenated alkanes) is 2. The Morgan fingerprint density at radius 1 is 1.11 bits per heavy atom. The van der Waals surface area contributed by atoms with Crippen LogP contribution in [0.4, 0.5) is 4.79 Å². The van der Waals surface area contributed by atoms with Crippen molar-refractivity contribution in [3.8, 4) is 5.75 Å². The molecule has 2 aliphatic heterocycles. The van der Waals surface area contributed by atoms with E-state index in [2.05, 4.69) is 15.2 Å². The number of likely N-dealkylation sites (tertiary alicyclic amines) is 1. The van der Waals surface area contributed by atoms with Crippen molar-refractivity contribution < 1.29 is 33.7 Å². The predicted octanol–water partition coefficient (Wildman–Crippen LogP) is 3.95. The Kier molecular flexibility index (Phi) is 11.4. The van der Waals surface area contributed by atoms with Crippen LogP contribution in [0.25, 0.3) is 10.9 Å². The number of nitrogens with zero attached hydrogens (tertiary/aromatic N) is 2. The summed E-state index contributed by atoms with van der Waals surface area (Å²) in [6.07, 6.45) is 5.20. The molecule has 0 radical (unpaired) electrons. The van der Waals surface area contributed by atoms with Crippen LogP contribution in [0.15, 0.2) is 29.1 Å². The number of H-pyrrole nitrogens is 1. The number of amides is 2. The van der Waals surface area contributed by atoms with Gasteiger partial charge in [0, 0.05) is 31.6 Å². The zero-order chi connectivity index (χ0) is 33.6. The van der Waals surface area contributed by atoms with Crippen molar-refractivity contribution in [3.05, 3.63) is 40.2 Å². The van der Waals surface area contributed by atoms with Gasteiger partial charge in [0.2, 0.25) is 5.91 Å². The highest BCUT2D eigenvalue weighted by Crippen LogP contribution is 2.38. The van der Waals surface area contributed by atoms with E-state index < -0.39 is 29.6 Å². The number of carbonyl (C=O) groups is 3. The topological polar surface area (TPSA) is 150 Å². The number of carboxylic acid groups (broad SMARTS) is 1. The Hall–Kier alpha value is -3.64. The number of carbonyl (C=O) groups excluding carboxylic acids is 2. The molecular weight excluding hydrogens is 604 g/mol. The van der Waals surface area contributed by atoms with Crippen LogP contribution >= 0.6 is 0 Å². The van der Waals surface area contributed by atoms with E-state index in [0.717, 1.165) is 75.9 Å². The lowest BCUT2D eigenvalue weighted by Gasteiger charge is -2.34. The number of para-hydroxylation sites is 1. The summed E-state index contributed by atoms with van der Waals surface area (Å²) in [4.78, 5) is 57.5. The molecule has 1 aliphatic carbocycles. The number of rotatable bonds is 14. The summed E-state index contributed by atoms with van der Waals surface area (Å²) < 4.78 is 17.4. The molecule has 258 valence electrons. The van der Waals surface area contributed by atoms with E-state index in [4.69, 9.17) is 14.2 Å². The molecule has 2 saturated heterocycles. The van der Waals surface area contributed by atoms with Crippen LogP contribution in [-0.4, -0.2) is 102 Å². The third kappa shape index (κ3) is 9.04. The van der Waals surface area contributed by atoms with Gasteiger partial charge in [0.15, 0.2) is 0 Å². The molecule has 3 N–H and O–H groups in total. The lowest BCUT2D eigenvalue weighted by atomic mass is 9.85. The van der Waals surface area contributed by atoms with Crippen LogP contribution < -0.4 is 15.6 Å². The standard InChI is InChI=1S/C35H50N4O8/c1-35(2,3)30(32(41)39-15-9-14-27(39)33(42)43)37-34(44)47-28-22-23(28)10-5-4-6-12-25-29(46-21-18-38-16-19-45-20-17-38)24-11-7-8-13-26(24)36-31(25)40/h7-8,11,13,23,27-28,30H,4-6,9-10,12,14-22H2,1-3H3,(H,36,40)(H,37,44)(H,42,43). The minimum atomic E-state index is -1.02.